The largest absolute Gasteiger partial charge is 0.491 e. The molecule has 2 atom stereocenters. The third-order valence-electron chi connectivity index (χ3n) is 5.24. The Morgan fingerprint density at radius 1 is 1.30 bits per heavy atom. The van der Waals surface area contributed by atoms with E-state index in [0.29, 0.717) is 36.1 Å². The van der Waals surface area contributed by atoms with Gasteiger partial charge in [0.25, 0.3) is 11.8 Å². The van der Waals surface area contributed by atoms with Crippen molar-refractivity contribution in [3.8, 4) is 5.75 Å². The molecule has 1 aromatic rings. The molecule has 6 heteroatoms. The van der Waals surface area contributed by atoms with Crippen LogP contribution in [0.5, 0.6) is 5.75 Å². The maximum Gasteiger partial charge on any atom is 0.255 e. The van der Waals surface area contributed by atoms with Crippen LogP contribution in [-0.4, -0.2) is 43.1 Å². The van der Waals surface area contributed by atoms with Gasteiger partial charge in [0.1, 0.15) is 12.4 Å². The van der Waals surface area contributed by atoms with Crippen molar-refractivity contribution in [2.24, 2.45) is 0 Å². The van der Waals surface area contributed by atoms with E-state index in [4.69, 9.17) is 4.74 Å². The fraction of sp³-hybridized carbons (Fsp3) is 0.529. The van der Waals surface area contributed by atoms with Crippen molar-refractivity contribution in [1.82, 2.24) is 16.0 Å². The van der Waals surface area contributed by atoms with Crippen LogP contribution in [0.4, 0.5) is 0 Å². The van der Waals surface area contributed by atoms with E-state index in [2.05, 4.69) is 16.0 Å². The highest BCUT2D eigenvalue weighted by Crippen LogP contribution is 2.36. The van der Waals surface area contributed by atoms with Gasteiger partial charge in [-0.25, -0.2) is 0 Å². The van der Waals surface area contributed by atoms with Gasteiger partial charge in [0.05, 0.1) is 17.6 Å². The third kappa shape index (κ3) is 2.47. The fourth-order valence-corrected chi connectivity index (χ4v) is 4.04. The van der Waals surface area contributed by atoms with Gasteiger partial charge in [-0.15, -0.1) is 0 Å². The highest BCUT2D eigenvalue weighted by atomic mass is 16.5. The lowest BCUT2D eigenvalue weighted by atomic mass is 9.92. The molecule has 1 saturated heterocycles. The van der Waals surface area contributed by atoms with Gasteiger partial charge in [-0.3, -0.25) is 9.59 Å². The minimum Gasteiger partial charge on any atom is -0.491 e. The summed E-state index contributed by atoms with van der Waals surface area (Å²) in [7, 11) is 0. The van der Waals surface area contributed by atoms with Crippen molar-refractivity contribution in [3.63, 3.8) is 0 Å². The highest BCUT2D eigenvalue weighted by molar-refractivity contribution is 6.02. The zero-order chi connectivity index (χ0) is 15.9. The molecule has 2 amide bonds. The van der Waals surface area contributed by atoms with Crippen molar-refractivity contribution >= 4 is 11.8 Å². The lowest BCUT2D eigenvalue weighted by molar-refractivity contribution is 0.0897. The Kier molecular flexibility index (Phi) is 3.49. The van der Waals surface area contributed by atoms with Crippen molar-refractivity contribution in [2.75, 3.05) is 19.7 Å². The Labute approximate surface area is 135 Å². The molecule has 3 aliphatic rings. The first kappa shape index (κ1) is 14.5. The van der Waals surface area contributed by atoms with E-state index in [0.717, 1.165) is 32.2 Å². The van der Waals surface area contributed by atoms with Crippen molar-refractivity contribution in [3.05, 3.63) is 29.3 Å². The average molecular weight is 315 g/mol. The molecule has 1 aromatic carbocycles. The summed E-state index contributed by atoms with van der Waals surface area (Å²) < 4.78 is 5.53. The van der Waals surface area contributed by atoms with Crippen LogP contribution >= 0.6 is 0 Å². The molecule has 0 bridgehead atoms. The number of benzene rings is 1. The molecule has 0 radical (unpaired) electrons. The number of fused-ring (bicyclic) bond motifs is 2. The summed E-state index contributed by atoms with van der Waals surface area (Å²) >= 11 is 0. The number of amides is 2. The predicted molar refractivity (Wildman–Crippen MR) is 84.7 cm³/mol. The van der Waals surface area contributed by atoms with Gasteiger partial charge in [0.15, 0.2) is 0 Å². The first-order valence-corrected chi connectivity index (χ1v) is 8.29. The highest BCUT2D eigenvalue weighted by Gasteiger charge is 2.47. The number of hydrogen-bond acceptors (Lipinski definition) is 4. The summed E-state index contributed by atoms with van der Waals surface area (Å²) in [6.45, 7) is 1.87. The van der Waals surface area contributed by atoms with Crippen LogP contribution in [0, 0.1) is 0 Å². The summed E-state index contributed by atoms with van der Waals surface area (Å²) in [4.78, 5) is 24.8. The Hall–Kier alpha value is -2.08. The van der Waals surface area contributed by atoms with Gasteiger partial charge in [0.2, 0.25) is 0 Å². The van der Waals surface area contributed by atoms with Crippen molar-refractivity contribution < 1.29 is 14.3 Å². The van der Waals surface area contributed by atoms with Crippen LogP contribution in [0.3, 0.4) is 0 Å². The number of nitrogens with one attached hydrogen (secondary N) is 3. The van der Waals surface area contributed by atoms with Crippen LogP contribution in [0.25, 0.3) is 0 Å². The first-order chi connectivity index (χ1) is 11.2. The Morgan fingerprint density at radius 3 is 3.13 bits per heavy atom. The number of rotatable bonds is 2. The SMILES string of the molecule is O=C(NC12CCCC1NCC2)c1ccc2c(c1)C(=O)NCCO2. The van der Waals surface area contributed by atoms with E-state index in [1.54, 1.807) is 18.2 Å². The molecule has 2 heterocycles. The predicted octanol–water partition coefficient (Wildman–Crippen LogP) is 0.823. The molecule has 122 valence electrons. The molecular weight excluding hydrogens is 294 g/mol. The van der Waals surface area contributed by atoms with Crippen LogP contribution in [0.1, 0.15) is 46.4 Å². The van der Waals surface area contributed by atoms with E-state index >= 15 is 0 Å². The monoisotopic (exact) mass is 315 g/mol. The minimum absolute atomic E-state index is 0.111. The Morgan fingerprint density at radius 2 is 2.22 bits per heavy atom. The number of carbonyl (C=O) groups excluding carboxylic acids is 2. The summed E-state index contributed by atoms with van der Waals surface area (Å²) in [6, 6.07) is 5.45. The molecule has 0 aromatic heterocycles. The van der Waals surface area contributed by atoms with E-state index < -0.39 is 0 Å². The maximum atomic E-state index is 12.7. The topological polar surface area (TPSA) is 79.5 Å². The molecule has 2 unspecified atom stereocenters. The van der Waals surface area contributed by atoms with Gasteiger partial charge >= 0.3 is 0 Å². The normalized spacial score (nSPS) is 29.0. The zero-order valence-electron chi connectivity index (χ0n) is 13.0. The van der Waals surface area contributed by atoms with E-state index in [9.17, 15) is 9.59 Å². The quantitative estimate of drug-likeness (QED) is 0.755. The molecular formula is C17H21N3O3. The molecule has 23 heavy (non-hydrogen) atoms. The molecule has 2 aliphatic heterocycles. The van der Waals surface area contributed by atoms with Gasteiger partial charge in [-0.1, -0.05) is 0 Å². The van der Waals surface area contributed by atoms with Gasteiger partial charge in [-0.2, -0.15) is 0 Å². The number of ether oxygens (including phenoxy) is 1. The second-order valence-corrected chi connectivity index (χ2v) is 6.57. The van der Waals surface area contributed by atoms with Crippen molar-refractivity contribution in [1.29, 1.82) is 0 Å². The van der Waals surface area contributed by atoms with Crippen LogP contribution in [0.15, 0.2) is 18.2 Å². The number of hydrogen-bond donors (Lipinski definition) is 3. The lowest BCUT2D eigenvalue weighted by Gasteiger charge is -2.30. The van der Waals surface area contributed by atoms with E-state index in [1.807, 2.05) is 0 Å². The van der Waals surface area contributed by atoms with Gasteiger partial charge in [-0.05, 0) is 50.4 Å². The van der Waals surface area contributed by atoms with Gasteiger partial charge in [0, 0.05) is 11.6 Å². The third-order valence-corrected chi connectivity index (χ3v) is 5.24. The second kappa shape index (κ2) is 5.53. The average Bonchev–Trinajstić information content (AvgIpc) is 3.04. The summed E-state index contributed by atoms with van der Waals surface area (Å²) in [5.74, 6) is 0.239. The molecule has 0 spiro atoms. The fourth-order valence-electron chi connectivity index (χ4n) is 4.04. The van der Waals surface area contributed by atoms with Gasteiger partial charge < -0.3 is 20.7 Å². The second-order valence-electron chi connectivity index (χ2n) is 6.57. The van der Waals surface area contributed by atoms with Crippen LogP contribution in [-0.2, 0) is 0 Å². The van der Waals surface area contributed by atoms with E-state index in [1.165, 1.54) is 0 Å². The number of carbonyl (C=O) groups is 2. The standard InChI is InChI=1S/C17H21N3O3/c21-15(20-17-5-1-2-14(17)18-7-6-17)11-3-4-13-12(10-11)16(22)19-8-9-23-13/h3-4,10,14,18H,1-2,5-9H2,(H,19,22)(H,20,21). The van der Waals surface area contributed by atoms with Crippen LogP contribution in [0.2, 0.25) is 0 Å². The van der Waals surface area contributed by atoms with Crippen molar-refractivity contribution in [2.45, 2.75) is 37.3 Å². The first-order valence-electron chi connectivity index (χ1n) is 8.29. The molecule has 1 saturated carbocycles. The molecule has 6 nitrogen and oxygen atoms in total. The van der Waals surface area contributed by atoms with Crippen LogP contribution < -0.4 is 20.7 Å². The smallest absolute Gasteiger partial charge is 0.255 e. The minimum atomic E-state index is -0.188. The summed E-state index contributed by atoms with van der Waals surface area (Å²) in [5.41, 5.74) is 0.819. The Balaban J connectivity index is 1.58. The van der Waals surface area contributed by atoms with E-state index in [-0.39, 0.29) is 17.4 Å². The lowest BCUT2D eigenvalue weighted by Crippen LogP contribution is -2.52. The molecule has 1 aliphatic carbocycles. The summed E-state index contributed by atoms with van der Waals surface area (Å²) in [6.07, 6.45) is 4.24. The zero-order valence-corrected chi connectivity index (χ0v) is 13.0. The molecule has 3 N–H and O–H groups in total. The Bertz CT molecular complexity index is 648. The maximum absolute atomic E-state index is 12.7. The summed E-state index contributed by atoms with van der Waals surface area (Å²) in [5, 5.41) is 9.49. The molecule has 4 rings (SSSR count). The molecule has 2 fully saturated rings.